The second kappa shape index (κ2) is 5.45. The van der Waals surface area contributed by atoms with Crippen molar-refractivity contribution < 1.29 is 26.4 Å². The van der Waals surface area contributed by atoms with Crippen molar-refractivity contribution in [3.05, 3.63) is 59.9 Å². The molecule has 0 saturated heterocycles. The van der Waals surface area contributed by atoms with E-state index in [1.165, 1.54) is 30.3 Å². The number of hydrogen-bond acceptors (Lipinski definition) is 4. The summed E-state index contributed by atoms with van der Waals surface area (Å²) in [5.74, 6) is -1.57. The van der Waals surface area contributed by atoms with Crippen molar-refractivity contribution in [2.24, 2.45) is 0 Å². The van der Waals surface area contributed by atoms with Crippen molar-refractivity contribution in [2.75, 3.05) is 0 Å². The molecule has 124 valence electrons. The third-order valence-corrected chi connectivity index (χ3v) is 5.03. The lowest BCUT2D eigenvalue weighted by Gasteiger charge is -2.12. The van der Waals surface area contributed by atoms with Crippen LogP contribution in [0, 0.1) is 0 Å². The van der Waals surface area contributed by atoms with Gasteiger partial charge in [-0.15, -0.1) is 0 Å². The molecule has 0 amide bonds. The standard InChI is InChI=1S/C15H9F3N2O3S/c16-15(17,18)14-19-12-8-10(9-21)6-7-13(12)20(14)24(22,23)11-4-2-1-3-5-11/h1-9H. The molecule has 0 aliphatic carbocycles. The lowest BCUT2D eigenvalue weighted by atomic mass is 10.2. The number of carbonyl (C=O) groups is 1. The molecule has 1 aromatic heterocycles. The van der Waals surface area contributed by atoms with E-state index in [0.29, 0.717) is 6.29 Å². The van der Waals surface area contributed by atoms with Gasteiger partial charge in [-0.3, -0.25) is 4.79 Å². The second-order valence-corrected chi connectivity index (χ2v) is 6.67. The van der Waals surface area contributed by atoms with Gasteiger partial charge in [0.1, 0.15) is 6.29 Å². The molecule has 9 heteroatoms. The molecule has 0 aliphatic heterocycles. The fraction of sp³-hybridized carbons (Fsp3) is 0.0667. The highest BCUT2D eigenvalue weighted by Crippen LogP contribution is 2.34. The Bertz CT molecular complexity index is 1030. The van der Waals surface area contributed by atoms with Gasteiger partial charge in [0.2, 0.25) is 5.82 Å². The summed E-state index contributed by atoms with van der Waals surface area (Å²) in [5.41, 5.74) is -0.388. The van der Waals surface area contributed by atoms with Gasteiger partial charge in [-0.05, 0) is 30.3 Å². The van der Waals surface area contributed by atoms with E-state index in [-0.39, 0.29) is 25.5 Å². The van der Waals surface area contributed by atoms with Gasteiger partial charge in [0.15, 0.2) is 0 Å². The van der Waals surface area contributed by atoms with Gasteiger partial charge in [-0.2, -0.15) is 13.2 Å². The number of rotatable bonds is 3. The Morgan fingerprint density at radius 2 is 1.71 bits per heavy atom. The van der Waals surface area contributed by atoms with Crippen LogP contribution in [0.1, 0.15) is 16.2 Å². The van der Waals surface area contributed by atoms with Crippen molar-refractivity contribution in [3.63, 3.8) is 0 Å². The normalized spacial score (nSPS) is 12.5. The van der Waals surface area contributed by atoms with Crippen LogP contribution in [0.4, 0.5) is 13.2 Å². The Morgan fingerprint density at radius 1 is 1.04 bits per heavy atom. The van der Waals surface area contributed by atoms with E-state index in [9.17, 15) is 26.4 Å². The molecule has 24 heavy (non-hydrogen) atoms. The molecule has 3 aromatic rings. The van der Waals surface area contributed by atoms with Crippen LogP contribution in [0.2, 0.25) is 0 Å². The summed E-state index contributed by atoms with van der Waals surface area (Å²) in [6.07, 6.45) is -4.54. The lowest BCUT2D eigenvalue weighted by molar-refractivity contribution is -0.145. The summed E-state index contributed by atoms with van der Waals surface area (Å²) in [7, 11) is -4.51. The smallest absolute Gasteiger partial charge is 0.298 e. The fourth-order valence-corrected chi connectivity index (χ4v) is 3.77. The Labute approximate surface area is 134 Å². The molecule has 0 N–H and O–H groups in total. The van der Waals surface area contributed by atoms with Gasteiger partial charge in [0.05, 0.1) is 15.9 Å². The molecule has 3 rings (SSSR count). The third kappa shape index (κ3) is 2.56. The van der Waals surface area contributed by atoms with Crippen LogP contribution in [-0.4, -0.2) is 23.7 Å². The highest BCUT2D eigenvalue weighted by atomic mass is 32.2. The first-order valence-electron chi connectivity index (χ1n) is 6.60. The quantitative estimate of drug-likeness (QED) is 0.678. The number of alkyl halides is 3. The molecule has 1 heterocycles. The summed E-state index contributed by atoms with van der Waals surface area (Å²) < 4.78 is 65.4. The topological polar surface area (TPSA) is 69.0 Å². The Kier molecular flexibility index (Phi) is 3.67. The van der Waals surface area contributed by atoms with Gasteiger partial charge >= 0.3 is 6.18 Å². The second-order valence-electron chi connectivity index (χ2n) is 4.88. The number of aromatic nitrogens is 2. The molecule has 0 fully saturated rings. The van der Waals surface area contributed by atoms with Crippen molar-refractivity contribution in [2.45, 2.75) is 11.1 Å². The van der Waals surface area contributed by atoms with Crippen LogP contribution in [-0.2, 0) is 16.2 Å². The number of imidazole rings is 1. The molecule has 0 saturated carbocycles. The Balaban J connectivity index is 2.40. The number of nitrogens with zero attached hydrogens (tertiary/aromatic N) is 2. The van der Waals surface area contributed by atoms with Gasteiger partial charge in [-0.25, -0.2) is 17.4 Å². The monoisotopic (exact) mass is 354 g/mol. The van der Waals surface area contributed by atoms with E-state index < -0.39 is 22.0 Å². The van der Waals surface area contributed by atoms with Crippen LogP contribution in [0.25, 0.3) is 11.0 Å². The molecule has 0 spiro atoms. The summed E-state index contributed by atoms with van der Waals surface area (Å²) in [6.45, 7) is 0. The van der Waals surface area contributed by atoms with E-state index in [0.717, 1.165) is 12.1 Å². The maximum Gasteiger partial charge on any atom is 0.450 e. The maximum absolute atomic E-state index is 13.3. The highest BCUT2D eigenvalue weighted by Gasteiger charge is 2.41. The number of halogens is 3. The van der Waals surface area contributed by atoms with Gasteiger partial charge in [0.25, 0.3) is 10.0 Å². The molecule has 2 aromatic carbocycles. The first kappa shape index (κ1) is 16.2. The number of carbonyl (C=O) groups excluding carboxylic acids is 1. The molecular formula is C15H9F3N2O3S. The van der Waals surface area contributed by atoms with Crippen LogP contribution in [0.3, 0.4) is 0 Å². The van der Waals surface area contributed by atoms with E-state index >= 15 is 0 Å². The highest BCUT2D eigenvalue weighted by molar-refractivity contribution is 7.90. The van der Waals surface area contributed by atoms with E-state index in [1.54, 1.807) is 6.07 Å². The van der Waals surface area contributed by atoms with Gasteiger partial charge in [-0.1, -0.05) is 18.2 Å². The zero-order valence-electron chi connectivity index (χ0n) is 11.9. The minimum atomic E-state index is -4.98. The number of fused-ring (bicyclic) bond motifs is 1. The average Bonchev–Trinajstić information content (AvgIpc) is 2.95. The predicted octanol–water partition coefficient (Wildman–Crippen LogP) is 3.10. The molecule has 0 unspecified atom stereocenters. The number of hydrogen-bond donors (Lipinski definition) is 0. The summed E-state index contributed by atoms with van der Waals surface area (Å²) >= 11 is 0. The van der Waals surface area contributed by atoms with Crippen LogP contribution < -0.4 is 0 Å². The Hall–Kier alpha value is -2.68. The summed E-state index contributed by atoms with van der Waals surface area (Å²) in [5, 5.41) is 0. The minimum absolute atomic E-state index is 0.0954. The number of benzene rings is 2. The zero-order valence-corrected chi connectivity index (χ0v) is 12.7. The Morgan fingerprint density at radius 3 is 2.29 bits per heavy atom. The molecule has 5 nitrogen and oxygen atoms in total. The zero-order chi connectivity index (χ0) is 17.5. The van der Waals surface area contributed by atoms with Crippen molar-refractivity contribution in [1.82, 2.24) is 8.96 Å². The fourth-order valence-electron chi connectivity index (χ4n) is 2.27. The molecule has 0 aliphatic rings. The van der Waals surface area contributed by atoms with E-state index in [1.807, 2.05) is 0 Å². The van der Waals surface area contributed by atoms with E-state index in [2.05, 4.69) is 4.98 Å². The SMILES string of the molecule is O=Cc1ccc2c(c1)nc(C(F)(F)F)n2S(=O)(=O)c1ccccc1. The number of aldehydes is 1. The molecule has 0 atom stereocenters. The third-order valence-electron chi connectivity index (χ3n) is 3.31. The van der Waals surface area contributed by atoms with Crippen LogP contribution in [0.15, 0.2) is 53.4 Å². The first-order chi connectivity index (χ1) is 11.2. The molecule has 0 radical (unpaired) electrons. The largest absolute Gasteiger partial charge is 0.450 e. The summed E-state index contributed by atoms with van der Waals surface area (Å²) in [4.78, 5) is 13.9. The first-order valence-corrected chi connectivity index (χ1v) is 8.04. The van der Waals surface area contributed by atoms with Crippen LogP contribution in [0.5, 0.6) is 0 Å². The van der Waals surface area contributed by atoms with Gasteiger partial charge < -0.3 is 0 Å². The molecular weight excluding hydrogens is 345 g/mol. The van der Waals surface area contributed by atoms with Crippen molar-refractivity contribution in [3.8, 4) is 0 Å². The average molecular weight is 354 g/mol. The molecule has 0 bridgehead atoms. The maximum atomic E-state index is 13.3. The minimum Gasteiger partial charge on any atom is -0.298 e. The van der Waals surface area contributed by atoms with Crippen LogP contribution >= 0.6 is 0 Å². The van der Waals surface area contributed by atoms with Crippen molar-refractivity contribution in [1.29, 1.82) is 0 Å². The van der Waals surface area contributed by atoms with Crippen molar-refractivity contribution >= 4 is 27.3 Å². The lowest BCUT2D eigenvalue weighted by Crippen LogP contribution is -2.21. The van der Waals surface area contributed by atoms with E-state index in [4.69, 9.17) is 0 Å². The summed E-state index contributed by atoms with van der Waals surface area (Å²) in [6, 6.07) is 10.2. The predicted molar refractivity (Wildman–Crippen MR) is 79.1 cm³/mol. The van der Waals surface area contributed by atoms with Gasteiger partial charge in [0, 0.05) is 5.56 Å².